The number of rotatable bonds is 5. The third-order valence-corrected chi connectivity index (χ3v) is 4.04. The maximum absolute atomic E-state index is 13.5. The molecule has 1 amide bonds. The SMILES string of the molecule is Cc1nn(-c2ccccc2)c(Cl)c1C(=O)OCC(=O)Nc1ccccc1F. The minimum absolute atomic E-state index is 0.00431. The Balaban J connectivity index is 1.69. The molecule has 2 aromatic carbocycles. The highest BCUT2D eigenvalue weighted by Gasteiger charge is 2.23. The average Bonchev–Trinajstić information content (AvgIpc) is 2.97. The third kappa shape index (κ3) is 4.15. The Morgan fingerprint density at radius 1 is 1.15 bits per heavy atom. The van der Waals surface area contributed by atoms with Crippen molar-refractivity contribution in [1.29, 1.82) is 0 Å². The van der Waals surface area contributed by atoms with E-state index >= 15 is 0 Å². The Labute approximate surface area is 159 Å². The minimum Gasteiger partial charge on any atom is -0.452 e. The van der Waals surface area contributed by atoms with Crippen LogP contribution in [0, 0.1) is 12.7 Å². The molecule has 8 heteroatoms. The number of benzene rings is 2. The van der Waals surface area contributed by atoms with Crippen LogP contribution in [-0.4, -0.2) is 28.3 Å². The van der Waals surface area contributed by atoms with Crippen molar-refractivity contribution in [1.82, 2.24) is 9.78 Å². The summed E-state index contributed by atoms with van der Waals surface area (Å²) in [5.41, 5.74) is 1.12. The fraction of sp³-hybridized carbons (Fsp3) is 0.105. The molecule has 0 atom stereocenters. The molecule has 0 saturated carbocycles. The largest absolute Gasteiger partial charge is 0.452 e. The normalized spacial score (nSPS) is 10.5. The van der Waals surface area contributed by atoms with Crippen LogP contribution < -0.4 is 5.32 Å². The molecule has 0 aliphatic heterocycles. The van der Waals surface area contributed by atoms with Gasteiger partial charge in [0, 0.05) is 0 Å². The smallest absolute Gasteiger partial charge is 0.343 e. The van der Waals surface area contributed by atoms with Crippen LogP contribution in [0.1, 0.15) is 16.1 Å². The molecule has 0 aliphatic carbocycles. The van der Waals surface area contributed by atoms with Gasteiger partial charge in [-0.15, -0.1) is 0 Å². The molecule has 138 valence electrons. The van der Waals surface area contributed by atoms with E-state index in [2.05, 4.69) is 10.4 Å². The Hall–Kier alpha value is -3.19. The van der Waals surface area contributed by atoms with E-state index in [1.807, 2.05) is 18.2 Å². The van der Waals surface area contributed by atoms with Crippen molar-refractivity contribution in [3.05, 3.63) is 76.8 Å². The second-order valence-corrected chi connectivity index (χ2v) is 5.96. The van der Waals surface area contributed by atoms with E-state index < -0.39 is 24.3 Å². The first-order valence-electron chi connectivity index (χ1n) is 7.99. The predicted molar refractivity (Wildman–Crippen MR) is 98.6 cm³/mol. The summed E-state index contributed by atoms with van der Waals surface area (Å²) in [6.45, 7) is 1.03. The van der Waals surface area contributed by atoms with Gasteiger partial charge in [0.2, 0.25) is 0 Å². The molecule has 1 aromatic heterocycles. The number of aryl methyl sites for hydroxylation is 1. The number of anilines is 1. The molecule has 1 N–H and O–H groups in total. The topological polar surface area (TPSA) is 73.2 Å². The lowest BCUT2D eigenvalue weighted by Crippen LogP contribution is -2.21. The molecule has 0 fully saturated rings. The number of esters is 1. The van der Waals surface area contributed by atoms with Crippen LogP contribution in [-0.2, 0) is 9.53 Å². The lowest BCUT2D eigenvalue weighted by Gasteiger charge is -2.07. The summed E-state index contributed by atoms with van der Waals surface area (Å²) >= 11 is 6.27. The molecular formula is C19H15ClFN3O3. The summed E-state index contributed by atoms with van der Waals surface area (Å²) in [7, 11) is 0. The average molecular weight is 388 g/mol. The molecular weight excluding hydrogens is 373 g/mol. The Morgan fingerprint density at radius 3 is 2.52 bits per heavy atom. The van der Waals surface area contributed by atoms with E-state index in [9.17, 15) is 14.0 Å². The van der Waals surface area contributed by atoms with Crippen LogP contribution in [0.3, 0.4) is 0 Å². The monoisotopic (exact) mass is 387 g/mol. The summed E-state index contributed by atoms with van der Waals surface area (Å²) in [5, 5.41) is 6.66. The van der Waals surface area contributed by atoms with Crippen LogP contribution in [0.4, 0.5) is 10.1 Å². The molecule has 3 rings (SSSR count). The molecule has 0 spiro atoms. The van der Waals surface area contributed by atoms with E-state index in [4.69, 9.17) is 16.3 Å². The van der Waals surface area contributed by atoms with Crippen molar-refractivity contribution in [3.63, 3.8) is 0 Å². The van der Waals surface area contributed by atoms with Gasteiger partial charge < -0.3 is 10.1 Å². The van der Waals surface area contributed by atoms with Gasteiger partial charge in [0.15, 0.2) is 6.61 Å². The summed E-state index contributed by atoms with van der Waals surface area (Å²) in [6.07, 6.45) is 0. The van der Waals surface area contributed by atoms with E-state index in [0.717, 1.165) is 0 Å². The van der Waals surface area contributed by atoms with Gasteiger partial charge in [-0.25, -0.2) is 13.9 Å². The summed E-state index contributed by atoms with van der Waals surface area (Å²) < 4.78 is 19.9. The molecule has 3 aromatic rings. The summed E-state index contributed by atoms with van der Waals surface area (Å²) in [4.78, 5) is 24.2. The number of carbonyl (C=O) groups is 2. The molecule has 0 aliphatic rings. The molecule has 1 heterocycles. The first-order valence-corrected chi connectivity index (χ1v) is 8.37. The molecule has 0 bridgehead atoms. The van der Waals surface area contributed by atoms with E-state index in [1.165, 1.54) is 22.9 Å². The van der Waals surface area contributed by atoms with Gasteiger partial charge in [-0.3, -0.25) is 4.79 Å². The predicted octanol–water partition coefficient (Wildman–Crippen LogP) is 3.77. The van der Waals surface area contributed by atoms with E-state index in [-0.39, 0.29) is 16.4 Å². The van der Waals surface area contributed by atoms with Gasteiger partial charge in [0.05, 0.1) is 17.1 Å². The number of hydrogen-bond acceptors (Lipinski definition) is 4. The lowest BCUT2D eigenvalue weighted by molar-refractivity contribution is -0.119. The quantitative estimate of drug-likeness (QED) is 0.676. The fourth-order valence-corrected chi connectivity index (χ4v) is 2.77. The second-order valence-electron chi connectivity index (χ2n) is 5.60. The second kappa shape index (κ2) is 8.01. The number of nitrogens with one attached hydrogen (secondary N) is 1. The number of hydrogen-bond donors (Lipinski definition) is 1. The van der Waals surface area contributed by atoms with Gasteiger partial charge in [0.25, 0.3) is 5.91 Å². The van der Waals surface area contributed by atoms with Crippen LogP contribution in [0.15, 0.2) is 54.6 Å². The molecule has 27 heavy (non-hydrogen) atoms. The lowest BCUT2D eigenvalue weighted by atomic mass is 10.2. The number of carbonyl (C=O) groups excluding carboxylic acids is 2. The van der Waals surface area contributed by atoms with Gasteiger partial charge in [-0.05, 0) is 31.2 Å². The number of aromatic nitrogens is 2. The summed E-state index contributed by atoms with van der Waals surface area (Å²) in [6, 6.07) is 14.7. The Kier molecular flexibility index (Phi) is 5.52. The standard InChI is InChI=1S/C19H15ClFN3O3/c1-12-17(18(20)24(23-12)13-7-3-2-4-8-13)19(26)27-11-16(25)22-15-10-6-5-9-14(15)21/h2-10H,11H2,1H3,(H,22,25). The van der Waals surface area contributed by atoms with Crippen molar-refractivity contribution >= 4 is 29.2 Å². The van der Waals surface area contributed by atoms with Crippen molar-refractivity contribution < 1.29 is 18.7 Å². The number of ether oxygens (including phenoxy) is 1. The highest BCUT2D eigenvalue weighted by molar-refractivity contribution is 6.33. The van der Waals surface area contributed by atoms with Crippen LogP contribution >= 0.6 is 11.6 Å². The number of para-hydroxylation sites is 2. The highest BCUT2D eigenvalue weighted by Crippen LogP contribution is 2.24. The van der Waals surface area contributed by atoms with Crippen LogP contribution in [0.25, 0.3) is 5.69 Å². The van der Waals surface area contributed by atoms with Crippen LogP contribution in [0.5, 0.6) is 0 Å². The number of nitrogens with zero attached hydrogens (tertiary/aromatic N) is 2. The first kappa shape index (κ1) is 18.6. The zero-order chi connectivity index (χ0) is 19.4. The molecule has 0 saturated heterocycles. The third-order valence-electron chi connectivity index (χ3n) is 3.69. The molecule has 6 nitrogen and oxygen atoms in total. The van der Waals surface area contributed by atoms with Crippen molar-refractivity contribution in [2.45, 2.75) is 6.92 Å². The number of halogens is 2. The van der Waals surface area contributed by atoms with Gasteiger partial charge in [-0.2, -0.15) is 5.10 Å². The van der Waals surface area contributed by atoms with E-state index in [0.29, 0.717) is 11.4 Å². The number of amides is 1. The van der Waals surface area contributed by atoms with Gasteiger partial charge in [-0.1, -0.05) is 41.9 Å². The van der Waals surface area contributed by atoms with E-state index in [1.54, 1.807) is 25.1 Å². The summed E-state index contributed by atoms with van der Waals surface area (Å²) in [5.74, 6) is -2.04. The first-order chi connectivity index (χ1) is 13.0. The van der Waals surface area contributed by atoms with Crippen LogP contribution in [0.2, 0.25) is 5.15 Å². The van der Waals surface area contributed by atoms with Crippen molar-refractivity contribution in [2.75, 3.05) is 11.9 Å². The van der Waals surface area contributed by atoms with Crippen molar-refractivity contribution in [2.24, 2.45) is 0 Å². The fourth-order valence-electron chi connectivity index (χ4n) is 2.42. The van der Waals surface area contributed by atoms with Gasteiger partial charge >= 0.3 is 5.97 Å². The van der Waals surface area contributed by atoms with Crippen molar-refractivity contribution in [3.8, 4) is 5.69 Å². The Bertz CT molecular complexity index is 989. The highest BCUT2D eigenvalue weighted by atomic mass is 35.5. The molecule has 0 radical (unpaired) electrons. The zero-order valence-corrected chi connectivity index (χ0v) is 15.0. The van der Waals surface area contributed by atoms with Gasteiger partial charge in [0.1, 0.15) is 16.5 Å². The molecule has 0 unspecified atom stereocenters. The minimum atomic E-state index is -0.789. The Morgan fingerprint density at radius 2 is 1.81 bits per heavy atom. The zero-order valence-electron chi connectivity index (χ0n) is 14.3. The maximum atomic E-state index is 13.5. The maximum Gasteiger partial charge on any atom is 0.343 e.